The van der Waals surface area contributed by atoms with E-state index in [-0.39, 0.29) is 12.4 Å². The van der Waals surface area contributed by atoms with Crippen molar-refractivity contribution in [3.8, 4) is 0 Å². The van der Waals surface area contributed by atoms with Gasteiger partial charge >= 0.3 is 6.18 Å². The summed E-state index contributed by atoms with van der Waals surface area (Å²) in [6, 6.07) is 0. The molecule has 0 amide bonds. The molecule has 0 aromatic heterocycles. The minimum atomic E-state index is -4.20. The van der Waals surface area contributed by atoms with Gasteiger partial charge in [0.15, 0.2) is 5.78 Å². The Hall–Kier alpha value is -0.580. The van der Waals surface area contributed by atoms with Crippen LogP contribution in [0.15, 0.2) is 0 Å². The monoisotopic (exact) mass is 198 g/mol. The van der Waals surface area contributed by atoms with Crippen molar-refractivity contribution in [1.82, 2.24) is 0 Å². The highest BCUT2D eigenvalue weighted by atomic mass is 19.4. The van der Waals surface area contributed by atoms with Crippen molar-refractivity contribution in [2.24, 2.45) is 0 Å². The number of ketones is 1. The van der Waals surface area contributed by atoms with Gasteiger partial charge in [0, 0.05) is 6.42 Å². The summed E-state index contributed by atoms with van der Waals surface area (Å²) >= 11 is 0. The predicted octanol–water partition coefficient (Wildman–Crippen LogP) is 2.32. The molecule has 0 radical (unpaired) electrons. The minimum Gasteiger partial charge on any atom is -0.373 e. The molecule has 0 spiro atoms. The quantitative estimate of drug-likeness (QED) is 0.612. The number of rotatable bonds is 6. The van der Waals surface area contributed by atoms with Crippen LogP contribution in [0.2, 0.25) is 0 Å². The molecule has 0 N–H and O–H groups in total. The molecule has 0 aliphatic carbocycles. The average Bonchev–Trinajstić information content (AvgIpc) is 1.97. The maximum Gasteiger partial charge on any atom is 0.391 e. The molecule has 0 aromatic carbocycles. The highest BCUT2D eigenvalue weighted by Gasteiger charge is 2.26. The highest BCUT2D eigenvalue weighted by Crippen LogP contribution is 2.18. The van der Waals surface area contributed by atoms with E-state index in [0.717, 1.165) is 0 Å². The molecule has 0 unspecified atom stereocenters. The van der Waals surface area contributed by atoms with Gasteiger partial charge in [-0.15, -0.1) is 0 Å². The lowest BCUT2D eigenvalue weighted by Crippen LogP contribution is -2.15. The fourth-order valence-electron chi connectivity index (χ4n) is 0.725. The van der Waals surface area contributed by atoms with E-state index in [0.29, 0.717) is 12.8 Å². The molecule has 0 atom stereocenters. The van der Waals surface area contributed by atoms with Crippen LogP contribution in [0.1, 0.15) is 26.2 Å². The van der Waals surface area contributed by atoms with Crippen LogP contribution in [-0.4, -0.2) is 25.2 Å². The van der Waals surface area contributed by atoms with Crippen molar-refractivity contribution in [1.29, 1.82) is 0 Å². The van der Waals surface area contributed by atoms with Crippen molar-refractivity contribution < 1.29 is 22.7 Å². The molecule has 0 rings (SSSR count). The third-order valence-electron chi connectivity index (χ3n) is 1.32. The first-order valence-corrected chi connectivity index (χ1v) is 4.12. The third kappa shape index (κ3) is 9.33. The Kier molecular flexibility index (Phi) is 5.70. The van der Waals surface area contributed by atoms with Crippen molar-refractivity contribution in [3.05, 3.63) is 0 Å². The Labute approximate surface area is 75.1 Å². The maximum absolute atomic E-state index is 11.6. The summed E-state index contributed by atoms with van der Waals surface area (Å²) in [4.78, 5) is 10.8. The SMILES string of the molecule is CCCC(=O)COCCC(F)(F)F. The number of carbonyl (C=O) groups excluding carboxylic acids is 1. The van der Waals surface area contributed by atoms with E-state index in [2.05, 4.69) is 4.74 Å². The molecule has 0 aromatic rings. The standard InChI is InChI=1S/C8H13F3O2/c1-2-3-7(12)6-13-5-4-8(9,10)11/h2-6H2,1H3. The summed E-state index contributed by atoms with van der Waals surface area (Å²) < 4.78 is 39.2. The zero-order chi connectivity index (χ0) is 10.3. The van der Waals surface area contributed by atoms with Crippen molar-refractivity contribution >= 4 is 5.78 Å². The number of halogens is 3. The second kappa shape index (κ2) is 5.96. The molecular weight excluding hydrogens is 185 g/mol. The smallest absolute Gasteiger partial charge is 0.373 e. The Morgan fingerprint density at radius 1 is 1.38 bits per heavy atom. The second-order valence-electron chi connectivity index (χ2n) is 2.71. The van der Waals surface area contributed by atoms with E-state index in [1.54, 1.807) is 0 Å². The minimum absolute atomic E-state index is 0.148. The number of Topliss-reactive ketones (excluding diaryl/α,β-unsaturated/α-hetero) is 1. The number of hydrogen-bond donors (Lipinski definition) is 0. The van der Waals surface area contributed by atoms with E-state index in [1.807, 2.05) is 6.92 Å². The lowest BCUT2D eigenvalue weighted by molar-refractivity contribution is -0.148. The Morgan fingerprint density at radius 2 is 2.00 bits per heavy atom. The summed E-state index contributed by atoms with van der Waals surface area (Å²) in [5, 5.41) is 0. The van der Waals surface area contributed by atoms with E-state index in [4.69, 9.17) is 0 Å². The molecule has 0 aliphatic rings. The van der Waals surface area contributed by atoms with Gasteiger partial charge in [0.05, 0.1) is 13.0 Å². The maximum atomic E-state index is 11.6. The number of alkyl halides is 3. The molecule has 2 nitrogen and oxygen atoms in total. The highest BCUT2D eigenvalue weighted by molar-refractivity contribution is 5.79. The van der Waals surface area contributed by atoms with E-state index in [1.165, 1.54) is 0 Å². The molecule has 0 aliphatic heterocycles. The molecule has 13 heavy (non-hydrogen) atoms. The summed E-state index contributed by atoms with van der Waals surface area (Å²) in [5.74, 6) is -0.148. The van der Waals surface area contributed by atoms with E-state index >= 15 is 0 Å². The zero-order valence-corrected chi connectivity index (χ0v) is 7.49. The molecular formula is C8H13F3O2. The summed E-state index contributed by atoms with van der Waals surface area (Å²) in [6.45, 7) is 1.19. The first-order chi connectivity index (χ1) is 5.95. The Balaban J connectivity index is 3.31. The van der Waals surface area contributed by atoms with Gasteiger partial charge < -0.3 is 4.74 Å². The van der Waals surface area contributed by atoms with Crippen LogP contribution < -0.4 is 0 Å². The van der Waals surface area contributed by atoms with Crippen LogP contribution in [0, 0.1) is 0 Å². The molecule has 78 valence electrons. The van der Waals surface area contributed by atoms with Gasteiger partial charge in [-0.3, -0.25) is 4.79 Å². The normalized spacial score (nSPS) is 11.7. The van der Waals surface area contributed by atoms with E-state index < -0.39 is 19.2 Å². The molecule has 0 saturated carbocycles. The van der Waals surface area contributed by atoms with Crippen LogP contribution in [-0.2, 0) is 9.53 Å². The van der Waals surface area contributed by atoms with Gasteiger partial charge in [0.1, 0.15) is 6.61 Å². The first-order valence-electron chi connectivity index (χ1n) is 4.12. The van der Waals surface area contributed by atoms with Gasteiger partial charge in [-0.2, -0.15) is 13.2 Å². The van der Waals surface area contributed by atoms with Gasteiger partial charge in [-0.1, -0.05) is 6.92 Å². The topological polar surface area (TPSA) is 26.3 Å². The number of carbonyl (C=O) groups is 1. The van der Waals surface area contributed by atoms with Crippen molar-refractivity contribution in [2.45, 2.75) is 32.4 Å². The molecule has 0 saturated heterocycles. The molecule has 0 bridgehead atoms. The third-order valence-corrected chi connectivity index (χ3v) is 1.32. The summed E-state index contributed by atoms with van der Waals surface area (Å²) in [7, 11) is 0. The zero-order valence-electron chi connectivity index (χ0n) is 7.49. The first kappa shape index (κ1) is 12.4. The van der Waals surface area contributed by atoms with Gasteiger partial charge in [0.2, 0.25) is 0 Å². The van der Waals surface area contributed by atoms with Gasteiger partial charge in [-0.05, 0) is 6.42 Å². The molecule has 0 heterocycles. The Bertz CT molecular complexity index is 154. The van der Waals surface area contributed by atoms with Crippen molar-refractivity contribution in [2.75, 3.05) is 13.2 Å². The fourth-order valence-corrected chi connectivity index (χ4v) is 0.725. The predicted molar refractivity (Wildman–Crippen MR) is 41.4 cm³/mol. The lowest BCUT2D eigenvalue weighted by Gasteiger charge is -2.06. The van der Waals surface area contributed by atoms with Crippen LogP contribution in [0.25, 0.3) is 0 Å². The van der Waals surface area contributed by atoms with Crippen LogP contribution in [0.3, 0.4) is 0 Å². The number of ether oxygens (including phenoxy) is 1. The number of hydrogen-bond acceptors (Lipinski definition) is 2. The fraction of sp³-hybridized carbons (Fsp3) is 0.875. The lowest BCUT2D eigenvalue weighted by atomic mass is 10.2. The Morgan fingerprint density at radius 3 is 2.46 bits per heavy atom. The summed E-state index contributed by atoms with van der Waals surface area (Å²) in [6.07, 6.45) is -4.13. The average molecular weight is 198 g/mol. The van der Waals surface area contributed by atoms with Crippen LogP contribution in [0.5, 0.6) is 0 Å². The van der Waals surface area contributed by atoms with E-state index in [9.17, 15) is 18.0 Å². The molecule has 0 fully saturated rings. The van der Waals surface area contributed by atoms with Crippen LogP contribution >= 0.6 is 0 Å². The second-order valence-corrected chi connectivity index (χ2v) is 2.71. The van der Waals surface area contributed by atoms with Crippen LogP contribution in [0.4, 0.5) is 13.2 Å². The summed E-state index contributed by atoms with van der Waals surface area (Å²) in [5.41, 5.74) is 0. The largest absolute Gasteiger partial charge is 0.391 e. The molecule has 5 heteroatoms. The van der Waals surface area contributed by atoms with Gasteiger partial charge in [0.25, 0.3) is 0 Å². The van der Waals surface area contributed by atoms with Gasteiger partial charge in [-0.25, -0.2) is 0 Å². The van der Waals surface area contributed by atoms with Crippen molar-refractivity contribution in [3.63, 3.8) is 0 Å².